The van der Waals surface area contributed by atoms with Crippen LogP contribution in [-0.2, 0) is 17.8 Å². The Hall–Kier alpha value is -2.69. The van der Waals surface area contributed by atoms with Crippen LogP contribution in [-0.4, -0.2) is 28.9 Å². The van der Waals surface area contributed by atoms with Gasteiger partial charge in [0.05, 0.1) is 5.56 Å². The minimum Gasteiger partial charge on any atom is -0.478 e. The molecule has 0 aromatic heterocycles. The number of nitrogens with zero attached hydrogens (tertiary/aromatic N) is 1. The molecule has 0 bridgehead atoms. The molecule has 0 spiro atoms. The van der Waals surface area contributed by atoms with Crippen LogP contribution in [0.15, 0.2) is 42.5 Å². The van der Waals surface area contributed by atoms with Gasteiger partial charge in [-0.2, -0.15) is 0 Å². The molecule has 0 aliphatic heterocycles. The van der Waals surface area contributed by atoms with Crippen molar-refractivity contribution >= 4 is 11.9 Å². The van der Waals surface area contributed by atoms with Gasteiger partial charge >= 0.3 is 5.97 Å². The maximum absolute atomic E-state index is 13.8. The maximum atomic E-state index is 13.8. The van der Waals surface area contributed by atoms with Crippen molar-refractivity contribution in [1.82, 2.24) is 4.90 Å². The summed E-state index contributed by atoms with van der Waals surface area (Å²) in [5.74, 6) is -1.37. The summed E-state index contributed by atoms with van der Waals surface area (Å²) >= 11 is 0. The predicted molar refractivity (Wildman–Crippen MR) is 89.3 cm³/mol. The molecular weight excluding hydrogens is 309 g/mol. The number of benzene rings is 2. The van der Waals surface area contributed by atoms with E-state index in [2.05, 4.69) is 0 Å². The largest absolute Gasteiger partial charge is 0.478 e. The summed E-state index contributed by atoms with van der Waals surface area (Å²) in [4.78, 5) is 24.5. The van der Waals surface area contributed by atoms with Crippen molar-refractivity contribution in [1.29, 1.82) is 0 Å². The normalized spacial score (nSPS) is 10.5. The fourth-order valence-electron chi connectivity index (χ4n) is 2.42. The first-order valence-corrected chi connectivity index (χ1v) is 7.68. The average Bonchev–Trinajstić information content (AvgIpc) is 2.56. The smallest absolute Gasteiger partial charge is 0.335 e. The van der Waals surface area contributed by atoms with Crippen LogP contribution < -0.4 is 0 Å². The Morgan fingerprint density at radius 1 is 1.12 bits per heavy atom. The number of aromatic carboxylic acids is 1. The number of aryl methyl sites for hydroxylation is 2. The zero-order valence-electron chi connectivity index (χ0n) is 13.8. The van der Waals surface area contributed by atoms with E-state index in [1.54, 1.807) is 31.3 Å². The molecule has 126 valence electrons. The Bertz CT molecular complexity index is 741. The van der Waals surface area contributed by atoms with E-state index in [9.17, 15) is 14.0 Å². The number of hydrogen-bond acceptors (Lipinski definition) is 2. The van der Waals surface area contributed by atoms with Gasteiger partial charge in [0.1, 0.15) is 5.82 Å². The van der Waals surface area contributed by atoms with E-state index in [1.807, 2.05) is 6.92 Å². The third-order valence-electron chi connectivity index (χ3n) is 3.86. The van der Waals surface area contributed by atoms with Gasteiger partial charge in [0, 0.05) is 25.6 Å². The van der Waals surface area contributed by atoms with Gasteiger partial charge in [-0.05, 0) is 37.1 Å². The zero-order chi connectivity index (χ0) is 17.7. The standard InChI is InChI=1S/C19H20FNO3/c1-13-3-9-17(20)16(11-13)12-21(2)18(22)10-6-14-4-7-15(8-5-14)19(23)24/h3-5,7-9,11H,6,10,12H2,1-2H3,(H,23,24). The van der Waals surface area contributed by atoms with Crippen LogP contribution in [0.2, 0.25) is 0 Å². The van der Waals surface area contributed by atoms with Crippen LogP contribution in [0.3, 0.4) is 0 Å². The van der Waals surface area contributed by atoms with Gasteiger partial charge in [-0.1, -0.05) is 29.8 Å². The molecule has 1 N–H and O–H groups in total. The lowest BCUT2D eigenvalue weighted by molar-refractivity contribution is -0.130. The molecule has 0 radical (unpaired) electrons. The average molecular weight is 329 g/mol. The quantitative estimate of drug-likeness (QED) is 0.883. The van der Waals surface area contributed by atoms with Crippen LogP contribution >= 0.6 is 0 Å². The highest BCUT2D eigenvalue weighted by atomic mass is 19.1. The third-order valence-corrected chi connectivity index (χ3v) is 3.86. The minimum atomic E-state index is -0.974. The molecule has 0 aliphatic carbocycles. The molecule has 1 amide bonds. The summed E-state index contributed by atoms with van der Waals surface area (Å²) in [6, 6.07) is 11.3. The molecular formula is C19H20FNO3. The number of halogens is 1. The van der Waals surface area contributed by atoms with E-state index in [-0.39, 0.29) is 30.3 Å². The van der Waals surface area contributed by atoms with Crippen LogP contribution in [0, 0.1) is 12.7 Å². The van der Waals surface area contributed by atoms with Gasteiger partial charge < -0.3 is 10.0 Å². The Labute approximate surface area is 140 Å². The van der Waals surface area contributed by atoms with Crippen molar-refractivity contribution in [2.75, 3.05) is 7.05 Å². The fourth-order valence-corrected chi connectivity index (χ4v) is 2.42. The summed E-state index contributed by atoms with van der Waals surface area (Å²) in [5.41, 5.74) is 2.56. The van der Waals surface area contributed by atoms with Gasteiger partial charge in [-0.25, -0.2) is 9.18 Å². The van der Waals surface area contributed by atoms with Crippen LogP contribution in [0.5, 0.6) is 0 Å². The Morgan fingerprint density at radius 2 is 1.79 bits per heavy atom. The molecule has 5 heteroatoms. The van der Waals surface area contributed by atoms with Crippen LogP contribution in [0.25, 0.3) is 0 Å². The van der Waals surface area contributed by atoms with E-state index in [0.29, 0.717) is 12.0 Å². The highest BCUT2D eigenvalue weighted by Crippen LogP contribution is 2.13. The van der Waals surface area contributed by atoms with E-state index < -0.39 is 5.97 Å². The number of carboxylic acid groups (broad SMARTS) is 1. The van der Waals surface area contributed by atoms with Gasteiger partial charge in [0.15, 0.2) is 0 Å². The molecule has 0 heterocycles. The lowest BCUT2D eigenvalue weighted by Gasteiger charge is -2.18. The lowest BCUT2D eigenvalue weighted by atomic mass is 10.1. The zero-order valence-corrected chi connectivity index (χ0v) is 13.8. The molecule has 0 aliphatic rings. The van der Waals surface area contributed by atoms with Crippen molar-refractivity contribution in [2.24, 2.45) is 0 Å². The highest BCUT2D eigenvalue weighted by molar-refractivity contribution is 5.87. The van der Waals surface area contributed by atoms with Gasteiger partial charge in [-0.3, -0.25) is 4.79 Å². The van der Waals surface area contributed by atoms with Gasteiger partial charge in [0.25, 0.3) is 0 Å². The lowest BCUT2D eigenvalue weighted by Crippen LogP contribution is -2.26. The SMILES string of the molecule is Cc1ccc(F)c(CN(C)C(=O)CCc2ccc(C(=O)O)cc2)c1. The van der Waals surface area contributed by atoms with Crippen LogP contribution in [0.1, 0.15) is 33.5 Å². The number of carbonyl (C=O) groups is 2. The molecule has 0 atom stereocenters. The van der Waals surface area contributed by atoms with E-state index in [1.165, 1.54) is 23.1 Å². The van der Waals surface area contributed by atoms with Crippen molar-refractivity contribution in [3.8, 4) is 0 Å². The first-order valence-electron chi connectivity index (χ1n) is 7.68. The number of carboxylic acids is 1. The van der Waals surface area contributed by atoms with E-state index in [4.69, 9.17) is 5.11 Å². The van der Waals surface area contributed by atoms with Crippen molar-refractivity contribution in [3.63, 3.8) is 0 Å². The number of amides is 1. The molecule has 24 heavy (non-hydrogen) atoms. The van der Waals surface area contributed by atoms with Crippen molar-refractivity contribution in [2.45, 2.75) is 26.3 Å². The summed E-state index contributed by atoms with van der Waals surface area (Å²) in [7, 11) is 1.65. The molecule has 4 nitrogen and oxygen atoms in total. The minimum absolute atomic E-state index is 0.0850. The summed E-state index contributed by atoms with van der Waals surface area (Å²) in [6.07, 6.45) is 0.801. The predicted octanol–water partition coefficient (Wildman–Crippen LogP) is 3.42. The van der Waals surface area contributed by atoms with Crippen molar-refractivity contribution in [3.05, 3.63) is 70.5 Å². The van der Waals surface area contributed by atoms with Crippen molar-refractivity contribution < 1.29 is 19.1 Å². The monoisotopic (exact) mass is 329 g/mol. The van der Waals surface area contributed by atoms with E-state index >= 15 is 0 Å². The second-order valence-corrected chi connectivity index (χ2v) is 5.85. The number of carbonyl (C=O) groups excluding carboxylic acids is 1. The molecule has 0 unspecified atom stereocenters. The second-order valence-electron chi connectivity index (χ2n) is 5.85. The topological polar surface area (TPSA) is 57.6 Å². The number of hydrogen-bond donors (Lipinski definition) is 1. The van der Waals surface area contributed by atoms with E-state index in [0.717, 1.165) is 11.1 Å². The Balaban J connectivity index is 1.91. The first-order chi connectivity index (χ1) is 11.4. The third kappa shape index (κ3) is 4.65. The van der Waals surface area contributed by atoms with Gasteiger partial charge in [-0.15, -0.1) is 0 Å². The first kappa shape index (κ1) is 17.7. The summed E-state index contributed by atoms with van der Waals surface area (Å²) in [5, 5.41) is 8.86. The molecule has 2 rings (SSSR count). The summed E-state index contributed by atoms with van der Waals surface area (Å²) < 4.78 is 13.8. The second kappa shape index (κ2) is 7.73. The molecule has 0 fully saturated rings. The Kier molecular flexibility index (Phi) is 5.68. The van der Waals surface area contributed by atoms with Crippen LogP contribution in [0.4, 0.5) is 4.39 Å². The highest BCUT2D eigenvalue weighted by Gasteiger charge is 2.12. The number of rotatable bonds is 6. The maximum Gasteiger partial charge on any atom is 0.335 e. The Morgan fingerprint density at radius 3 is 2.42 bits per heavy atom. The molecule has 2 aromatic rings. The molecule has 2 aromatic carbocycles. The van der Waals surface area contributed by atoms with Gasteiger partial charge in [0.2, 0.25) is 5.91 Å². The summed E-state index contributed by atoms with van der Waals surface area (Å²) in [6.45, 7) is 2.11. The molecule has 0 saturated carbocycles. The fraction of sp³-hybridized carbons (Fsp3) is 0.263. The molecule has 0 saturated heterocycles.